The molecule has 0 saturated carbocycles. The molecule has 6 aromatic rings. The van der Waals surface area contributed by atoms with Crippen LogP contribution in [0.1, 0.15) is 33.4 Å². The van der Waals surface area contributed by atoms with E-state index in [4.69, 9.17) is 20.8 Å². The minimum absolute atomic E-state index is 0.119. The number of aliphatic imine (C=N–C) groups is 2. The van der Waals surface area contributed by atoms with Gasteiger partial charge >= 0.3 is 0 Å². The van der Waals surface area contributed by atoms with Crippen molar-refractivity contribution >= 4 is 39.9 Å². The molecule has 4 nitrogen and oxygen atoms in total. The Morgan fingerprint density at radius 2 is 1.11 bits per heavy atom. The predicted octanol–water partition coefficient (Wildman–Crippen LogP) is 9.23. The highest BCUT2D eigenvalue weighted by Crippen LogP contribution is 2.31. The van der Waals surface area contributed by atoms with E-state index in [-0.39, 0.29) is 5.84 Å². The maximum Gasteiger partial charge on any atom is 0.161 e. The second-order valence-electron chi connectivity index (χ2n) is 10.3. The van der Waals surface area contributed by atoms with E-state index in [0.717, 1.165) is 44.2 Å². The van der Waals surface area contributed by atoms with Crippen LogP contribution in [0.15, 0.2) is 174 Å². The van der Waals surface area contributed by atoms with E-state index in [1.54, 1.807) is 6.21 Å². The van der Waals surface area contributed by atoms with Crippen LogP contribution in [0.3, 0.4) is 0 Å². The van der Waals surface area contributed by atoms with Crippen molar-refractivity contribution in [1.29, 1.82) is 10.8 Å². The summed E-state index contributed by atoms with van der Waals surface area (Å²) >= 11 is 0. The van der Waals surface area contributed by atoms with Gasteiger partial charge in [-0.25, -0.2) is 9.98 Å². The number of hydrogen-bond acceptors (Lipinski definition) is 2. The third-order valence-electron chi connectivity index (χ3n) is 7.29. The highest BCUT2D eigenvalue weighted by molar-refractivity contribution is 6.16. The van der Waals surface area contributed by atoms with E-state index in [0.29, 0.717) is 17.1 Å². The summed E-state index contributed by atoms with van der Waals surface area (Å²) in [5.41, 5.74) is 6.69. The quantitative estimate of drug-likeness (QED) is 0.143. The van der Waals surface area contributed by atoms with Gasteiger partial charge in [0.1, 0.15) is 0 Å². The molecule has 0 aromatic heterocycles. The third kappa shape index (κ3) is 6.56. The van der Waals surface area contributed by atoms with Gasteiger partial charge in [-0.2, -0.15) is 0 Å². The zero-order chi connectivity index (χ0) is 30.1. The van der Waals surface area contributed by atoms with E-state index in [1.165, 1.54) is 0 Å². The Morgan fingerprint density at radius 1 is 0.523 bits per heavy atom. The van der Waals surface area contributed by atoms with Crippen molar-refractivity contribution in [3.63, 3.8) is 0 Å². The molecule has 0 radical (unpaired) electrons. The van der Waals surface area contributed by atoms with Gasteiger partial charge in [-0.3, -0.25) is 5.41 Å². The molecule has 0 aliphatic heterocycles. The highest BCUT2D eigenvalue weighted by atomic mass is 14.9. The lowest BCUT2D eigenvalue weighted by atomic mass is 9.90. The van der Waals surface area contributed by atoms with Crippen LogP contribution in [0.25, 0.3) is 16.3 Å². The lowest BCUT2D eigenvalue weighted by Gasteiger charge is -2.14. The van der Waals surface area contributed by atoms with Gasteiger partial charge in [0.15, 0.2) is 11.7 Å². The van der Waals surface area contributed by atoms with E-state index in [2.05, 4.69) is 24.3 Å². The fourth-order valence-electron chi connectivity index (χ4n) is 5.03. The fraction of sp³-hybridized carbons (Fsp3) is 0. The van der Waals surface area contributed by atoms with Crippen LogP contribution in [0.4, 0.5) is 0 Å². The van der Waals surface area contributed by atoms with Gasteiger partial charge in [0, 0.05) is 17.3 Å². The van der Waals surface area contributed by atoms with E-state index < -0.39 is 0 Å². The molecule has 2 N–H and O–H groups in total. The van der Waals surface area contributed by atoms with Crippen LogP contribution >= 0.6 is 0 Å². The maximum atomic E-state index is 9.02. The van der Waals surface area contributed by atoms with Crippen molar-refractivity contribution in [2.24, 2.45) is 9.98 Å². The van der Waals surface area contributed by atoms with Gasteiger partial charge in [-0.05, 0) is 50.7 Å². The van der Waals surface area contributed by atoms with Crippen LogP contribution in [0, 0.1) is 10.8 Å². The second kappa shape index (κ2) is 13.3. The van der Waals surface area contributed by atoms with E-state index >= 15 is 0 Å². The molecule has 0 bridgehead atoms. The van der Waals surface area contributed by atoms with Gasteiger partial charge in [-0.15, -0.1) is 0 Å². The molecule has 0 heterocycles. The summed E-state index contributed by atoms with van der Waals surface area (Å²) in [6, 6.07) is 51.7. The summed E-state index contributed by atoms with van der Waals surface area (Å²) in [4.78, 5) is 9.40. The standard InChI is InChI=1S/C40H30N4/c41-38(32-18-9-3-10-19-32)27-37(30-16-7-2-8-17-30)35-23-13-22-31-24-25-34(26-36(31)35)39(42)44-40(33-20-11-4-12-21-33)43-28-29-14-5-1-6-15-29/h1-28,41-42H/b37-27-,41-38?,42-39?,43-28?,44-40?. The number of rotatable bonds is 7. The number of fused-ring (bicyclic) bond motifs is 1. The minimum atomic E-state index is 0.119. The van der Waals surface area contributed by atoms with Gasteiger partial charge in [0.25, 0.3) is 0 Å². The minimum Gasteiger partial charge on any atom is -0.300 e. The van der Waals surface area contributed by atoms with Gasteiger partial charge < -0.3 is 5.41 Å². The van der Waals surface area contributed by atoms with Crippen molar-refractivity contribution in [2.45, 2.75) is 0 Å². The fourth-order valence-corrected chi connectivity index (χ4v) is 5.03. The molecule has 0 amide bonds. The Morgan fingerprint density at radius 3 is 1.77 bits per heavy atom. The normalized spacial score (nSPS) is 12.0. The molecular formula is C40H30N4. The summed E-state index contributed by atoms with van der Waals surface area (Å²) < 4.78 is 0. The molecular weight excluding hydrogens is 536 g/mol. The number of allylic oxidation sites excluding steroid dienone is 1. The zero-order valence-electron chi connectivity index (χ0n) is 24.1. The van der Waals surface area contributed by atoms with Crippen LogP contribution in [0.5, 0.6) is 0 Å². The second-order valence-corrected chi connectivity index (χ2v) is 10.3. The first-order chi connectivity index (χ1) is 21.7. The van der Waals surface area contributed by atoms with Crippen molar-refractivity contribution in [2.75, 3.05) is 0 Å². The first kappa shape index (κ1) is 28.1. The van der Waals surface area contributed by atoms with E-state index in [9.17, 15) is 0 Å². The molecule has 0 aliphatic carbocycles. The van der Waals surface area contributed by atoms with Crippen molar-refractivity contribution in [1.82, 2.24) is 0 Å². The molecule has 0 atom stereocenters. The average molecular weight is 567 g/mol. The summed E-state index contributed by atoms with van der Waals surface area (Å²) in [6.07, 6.45) is 3.71. The first-order valence-electron chi connectivity index (χ1n) is 14.4. The summed E-state index contributed by atoms with van der Waals surface area (Å²) in [5.74, 6) is 0.585. The van der Waals surface area contributed by atoms with E-state index in [1.807, 2.05) is 140 Å². The lowest BCUT2D eigenvalue weighted by molar-refractivity contribution is 1.40. The van der Waals surface area contributed by atoms with Crippen LogP contribution in [-0.4, -0.2) is 23.6 Å². The zero-order valence-corrected chi connectivity index (χ0v) is 24.1. The number of nitrogens with zero attached hydrogens (tertiary/aromatic N) is 2. The predicted molar refractivity (Wildman–Crippen MR) is 185 cm³/mol. The molecule has 0 saturated heterocycles. The van der Waals surface area contributed by atoms with Crippen LogP contribution in [0.2, 0.25) is 0 Å². The number of benzene rings is 6. The van der Waals surface area contributed by atoms with Crippen LogP contribution < -0.4 is 0 Å². The molecule has 210 valence electrons. The summed E-state index contributed by atoms with van der Waals surface area (Å²) in [7, 11) is 0. The topological polar surface area (TPSA) is 72.4 Å². The molecule has 4 heteroatoms. The Bertz CT molecular complexity index is 2010. The number of amidine groups is 2. The summed E-state index contributed by atoms with van der Waals surface area (Å²) in [6.45, 7) is 0. The average Bonchev–Trinajstić information content (AvgIpc) is 3.10. The molecule has 0 aliphatic rings. The van der Waals surface area contributed by atoms with Crippen LogP contribution in [-0.2, 0) is 0 Å². The largest absolute Gasteiger partial charge is 0.300 e. The monoisotopic (exact) mass is 566 g/mol. The van der Waals surface area contributed by atoms with Crippen molar-refractivity contribution < 1.29 is 0 Å². The van der Waals surface area contributed by atoms with Gasteiger partial charge in [-0.1, -0.05) is 152 Å². The Labute approximate surface area is 257 Å². The maximum absolute atomic E-state index is 9.02. The molecule has 0 fully saturated rings. The van der Waals surface area contributed by atoms with Crippen molar-refractivity contribution in [3.8, 4) is 0 Å². The molecule has 0 unspecified atom stereocenters. The smallest absolute Gasteiger partial charge is 0.161 e. The highest BCUT2D eigenvalue weighted by Gasteiger charge is 2.13. The summed E-state index contributed by atoms with van der Waals surface area (Å²) in [5, 5.41) is 19.9. The molecule has 6 aromatic carbocycles. The molecule has 44 heavy (non-hydrogen) atoms. The Hall–Kier alpha value is -6.00. The van der Waals surface area contributed by atoms with Gasteiger partial charge in [0.05, 0.1) is 5.71 Å². The number of nitrogens with one attached hydrogen (secondary N) is 2. The third-order valence-corrected chi connectivity index (χ3v) is 7.29. The first-order valence-corrected chi connectivity index (χ1v) is 14.4. The van der Waals surface area contributed by atoms with Gasteiger partial charge in [0.2, 0.25) is 0 Å². The lowest BCUT2D eigenvalue weighted by Crippen LogP contribution is -2.05. The number of hydrogen-bond donors (Lipinski definition) is 2. The molecule has 6 rings (SSSR count). The molecule has 0 spiro atoms. The Balaban J connectivity index is 1.44. The van der Waals surface area contributed by atoms with Crippen molar-refractivity contribution in [3.05, 3.63) is 197 Å². The SMILES string of the molecule is N=C(/C=C(/c1ccccc1)c1cccc2ccc(C(=N)N=C(N=Cc3ccccc3)c3ccccc3)cc12)c1ccccc1. The Kier molecular flexibility index (Phi) is 8.52.